The van der Waals surface area contributed by atoms with E-state index in [0.717, 1.165) is 0 Å². The lowest BCUT2D eigenvalue weighted by Crippen LogP contribution is -2.68. The molecule has 0 saturated heterocycles. The molecule has 6 rings (SSSR count). The molecule has 0 spiro atoms. The molecule has 0 aliphatic carbocycles. The number of hydrogen-bond acceptors (Lipinski definition) is 10. The third-order valence-corrected chi connectivity index (χ3v) is 6.79. The van der Waals surface area contributed by atoms with Gasteiger partial charge in [-0.15, -0.1) is 0 Å². The molecule has 0 unspecified atom stereocenters. The standard InChI is InChI=1S/C24H26B2N16/c27-23(7-15-29-25(37-17-1-9-31-37,38-18-2-10-32-38)39-19-3-11-33-39)24(28)8-16-30-26(40-20-4-12-34-40,41-21-5-13-35-41)42-22-6-14-36-42/h1-22,27-30H/q-2/b15-7-,16-8-,27-23?,28-24?. The summed E-state index contributed by atoms with van der Waals surface area (Å²) in [6.07, 6.45) is 27.0. The van der Waals surface area contributed by atoms with Gasteiger partial charge in [0.25, 0.3) is 0 Å². The van der Waals surface area contributed by atoms with Crippen molar-refractivity contribution in [2.24, 2.45) is 0 Å². The molecule has 6 aromatic rings. The molecule has 0 aliphatic rings. The first-order valence-corrected chi connectivity index (χ1v) is 13.0. The van der Waals surface area contributed by atoms with Gasteiger partial charge in [0.15, 0.2) is 0 Å². The Morgan fingerprint density at radius 2 is 0.690 bits per heavy atom. The molecule has 6 heterocycles. The highest BCUT2D eigenvalue weighted by Crippen LogP contribution is 2.10. The largest absolute Gasteiger partial charge is 0.505 e. The number of nitrogens with zero attached hydrogens (tertiary/aromatic N) is 12. The van der Waals surface area contributed by atoms with Gasteiger partial charge in [0.1, 0.15) is 0 Å². The summed E-state index contributed by atoms with van der Waals surface area (Å²) in [5.74, 6) is 0. The van der Waals surface area contributed by atoms with Crippen LogP contribution in [-0.2, 0) is 0 Å². The van der Waals surface area contributed by atoms with Crippen molar-refractivity contribution in [3.05, 3.63) is 135 Å². The van der Waals surface area contributed by atoms with Crippen molar-refractivity contribution in [3.8, 4) is 0 Å². The van der Waals surface area contributed by atoms with Gasteiger partial charge in [-0.05, 0) is 98.1 Å². The first-order valence-electron chi connectivity index (χ1n) is 13.0. The summed E-state index contributed by atoms with van der Waals surface area (Å²) >= 11 is 0. The van der Waals surface area contributed by atoms with Crippen LogP contribution in [0.2, 0.25) is 0 Å². The lowest BCUT2D eigenvalue weighted by atomic mass is 9.75. The van der Waals surface area contributed by atoms with E-state index in [9.17, 15) is 0 Å². The van der Waals surface area contributed by atoms with E-state index >= 15 is 0 Å². The normalized spacial score (nSPS) is 12.3. The minimum atomic E-state index is -2.09. The van der Waals surface area contributed by atoms with Crippen LogP contribution in [0.25, 0.3) is 0 Å². The van der Waals surface area contributed by atoms with Gasteiger partial charge in [-0.3, -0.25) is 10.8 Å². The van der Waals surface area contributed by atoms with Crippen molar-refractivity contribution in [1.82, 2.24) is 68.6 Å². The third kappa shape index (κ3) is 4.51. The minimum Gasteiger partial charge on any atom is -0.505 e. The van der Waals surface area contributed by atoms with Gasteiger partial charge in [-0.2, -0.15) is 0 Å². The molecule has 0 saturated carbocycles. The van der Waals surface area contributed by atoms with Gasteiger partial charge in [0.2, 0.25) is 0 Å². The Bertz CT molecular complexity index is 1450. The van der Waals surface area contributed by atoms with Crippen LogP contribution in [0.3, 0.4) is 0 Å². The zero-order valence-corrected chi connectivity index (χ0v) is 22.2. The molecule has 210 valence electrons. The highest BCUT2D eigenvalue weighted by Gasteiger charge is 2.35. The first-order chi connectivity index (χ1) is 20.6. The van der Waals surface area contributed by atoms with Crippen LogP contribution in [0.4, 0.5) is 0 Å². The van der Waals surface area contributed by atoms with Crippen molar-refractivity contribution < 1.29 is 0 Å². The van der Waals surface area contributed by atoms with Crippen molar-refractivity contribution in [2.45, 2.75) is 0 Å². The number of aromatic nitrogens is 12. The summed E-state index contributed by atoms with van der Waals surface area (Å²) < 4.78 is 10.3. The molecular weight excluding hydrogens is 534 g/mol. The summed E-state index contributed by atoms with van der Waals surface area (Å²) in [4.78, 5) is 0. The summed E-state index contributed by atoms with van der Waals surface area (Å²) in [6, 6.07) is 10.8. The Morgan fingerprint density at radius 1 is 0.452 bits per heavy atom. The molecule has 0 aromatic carbocycles. The van der Waals surface area contributed by atoms with E-state index in [1.807, 2.05) is 36.4 Å². The van der Waals surface area contributed by atoms with Crippen LogP contribution in [0, 0.1) is 10.8 Å². The number of hydrogen-bond donors (Lipinski definition) is 4. The molecule has 4 N–H and O–H groups in total. The Hall–Kier alpha value is -6.19. The zero-order valence-electron chi connectivity index (χ0n) is 22.2. The van der Waals surface area contributed by atoms with Gasteiger partial charge in [0.05, 0.1) is 11.4 Å². The predicted molar refractivity (Wildman–Crippen MR) is 157 cm³/mol. The van der Waals surface area contributed by atoms with Gasteiger partial charge in [-0.1, -0.05) is 0 Å². The van der Waals surface area contributed by atoms with E-state index in [2.05, 4.69) is 41.0 Å². The van der Waals surface area contributed by atoms with Crippen molar-refractivity contribution in [2.75, 3.05) is 0 Å². The molecule has 0 amide bonds. The van der Waals surface area contributed by atoms with Crippen LogP contribution in [0.15, 0.2) is 135 Å². The monoisotopic (exact) mass is 560 g/mol. The second kappa shape index (κ2) is 11.1. The number of nitrogens with one attached hydrogen (secondary N) is 4. The maximum absolute atomic E-state index is 8.54. The zero-order chi connectivity index (χ0) is 28.8. The van der Waals surface area contributed by atoms with Crippen LogP contribution < -0.4 is 10.5 Å². The summed E-state index contributed by atoms with van der Waals surface area (Å²) in [5, 5.41) is 50.5. The lowest BCUT2D eigenvalue weighted by molar-refractivity contribution is 0.695. The van der Waals surface area contributed by atoms with Crippen molar-refractivity contribution in [1.29, 1.82) is 10.8 Å². The van der Waals surface area contributed by atoms with E-state index in [1.165, 1.54) is 12.2 Å². The maximum Gasteiger partial charge on any atom is 0.443 e. The molecular formula is C24H26B2N16-2. The van der Waals surface area contributed by atoms with Crippen LogP contribution in [0.5, 0.6) is 0 Å². The Kier molecular flexibility index (Phi) is 6.90. The van der Waals surface area contributed by atoms with Crippen LogP contribution in [-0.4, -0.2) is 82.9 Å². The molecule has 0 bridgehead atoms. The topological polar surface area (TPSA) is 179 Å². The molecule has 0 fully saturated rings. The quantitative estimate of drug-likeness (QED) is 0.117. The first kappa shape index (κ1) is 26.1. The van der Waals surface area contributed by atoms with E-state index in [0.29, 0.717) is 0 Å². The average molecular weight is 560 g/mol. The average Bonchev–Trinajstić information content (AvgIpc) is 3.87. The lowest BCUT2D eigenvalue weighted by Gasteiger charge is -2.41. The second-order valence-corrected chi connectivity index (χ2v) is 9.21. The predicted octanol–water partition coefficient (Wildman–Crippen LogP) is 0.573. The summed E-state index contributed by atoms with van der Waals surface area (Å²) in [7, 11) is 0. The third-order valence-electron chi connectivity index (χ3n) is 6.79. The van der Waals surface area contributed by atoms with E-state index in [1.54, 1.807) is 114 Å². The van der Waals surface area contributed by atoms with Gasteiger partial charge >= 0.3 is 13.4 Å². The second-order valence-electron chi connectivity index (χ2n) is 9.21. The molecule has 16 nitrogen and oxygen atoms in total. The SMILES string of the molecule is N=C(/C=C\N[B-](n1cccn1)(n1cccn1)n1cccn1)C(=N)/C=C\N[B-](n1cccn1)(n1cccn1)n1cccn1. The fourth-order valence-electron chi connectivity index (χ4n) is 4.85. The Morgan fingerprint density at radius 3 is 0.881 bits per heavy atom. The van der Waals surface area contributed by atoms with E-state index in [-0.39, 0.29) is 11.4 Å². The molecule has 0 radical (unpaired) electrons. The molecule has 0 aliphatic heterocycles. The number of rotatable bonds is 13. The van der Waals surface area contributed by atoms with Gasteiger partial charge < -0.3 is 38.0 Å². The van der Waals surface area contributed by atoms with Crippen LogP contribution in [0.1, 0.15) is 0 Å². The molecule has 42 heavy (non-hydrogen) atoms. The maximum atomic E-state index is 8.54. The fourth-order valence-corrected chi connectivity index (χ4v) is 4.85. The van der Waals surface area contributed by atoms with Gasteiger partial charge in [0, 0.05) is 37.2 Å². The smallest absolute Gasteiger partial charge is 0.443 e. The molecule has 0 atom stereocenters. The summed E-state index contributed by atoms with van der Waals surface area (Å²) in [6.45, 7) is -4.18. The summed E-state index contributed by atoms with van der Waals surface area (Å²) in [5.41, 5.74) is -0.0796. The van der Waals surface area contributed by atoms with E-state index in [4.69, 9.17) is 10.8 Å². The number of allylic oxidation sites excluding steroid dienone is 2. The Balaban J connectivity index is 1.24. The fraction of sp³-hybridized carbons (Fsp3) is 0. The molecule has 6 aromatic heterocycles. The van der Waals surface area contributed by atoms with Crippen molar-refractivity contribution >= 4 is 24.8 Å². The van der Waals surface area contributed by atoms with E-state index < -0.39 is 13.4 Å². The minimum absolute atomic E-state index is 0.0398. The van der Waals surface area contributed by atoms with Crippen molar-refractivity contribution in [3.63, 3.8) is 0 Å². The highest BCUT2D eigenvalue weighted by atomic mass is 15.5. The highest BCUT2D eigenvalue weighted by molar-refractivity contribution is 6.72. The molecule has 18 heteroatoms. The van der Waals surface area contributed by atoms with Crippen LogP contribution >= 0.6 is 0 Å². The Labute approximate surface area is 239 Å². The van der Waals surface area contributed by atoms with Gasteiger partial charge in [-0.25, -0.2) is 30.6 Å².